The van der Waals surface area contributed by atoms with Crippen LogP contribution in [-0.4, -0.2) is 47.7 Å². The van der Waals surface area contributed by atoms with Gasteiger partial charge in [0.1, 0.15) is 12.1 Å². The molecule has 0 atom stereocenters. The highest BCUT2D eigenvalue weighted by Crippen LogP contribution is 2.19. The summed E-state index contributed by atoms with van der Waals surface area (Å²) < 4.78 is 12.2. The van der Waals surface area contributed by atoms with E-state index in [9.17, 15) is 0 Å². The highest BCUT2D eigenvalue weighted by Gasteiger charge is 2.15. The molecule has 0 bridgehead atoms. The summed E-state index contributed by atoms with van der Waals surface area (Å²) in [6.45, 7) is 1.31. The first-order valence-electron chi connectivity index (χ1n) is 7.14. The second kappa shape index (κ2) is 6.66. The molecule has 0 saturated carbocycles. The number of rotatable bonds is 6. The molecule has 116 valence electrons. The first kappa shape index (κ1) is 15.3. The Morgan fingerprint density at radius 1 is 1.13 bits per heavy atom. The number of aromatic nitrogens is 4. The van der Waals surface area contributed by atoms with Gasteiger partial charge in [0, 0.05) is 13.7 Å². The van der Waals surface area contributed by atoms with Crippen molar-refractivity contribution in [2.75, 3.05) is 26.1 Å². The Labute approximate surface area is 134 Å². The average molecular weight is 309 g/mol. The van der Waals surface area contributed by atoms with Gasteiger partial charge >= 0.3 is 6.01 Å². The number of hydrogen-bond donors (Lipinski definition) is 1. The van der Waals surface area contributed by atoms with Crippen molar-refractivity contribution in [2.45, 2.75) is 6.54 Å². The molecule has 0 fully saturated rings. The van der Waals surface area contributed by atoms with Crippen LogP contribution in [0.25, 0.3) is 11.2 Å². The Morgan fingerprint density at radius 2 is 1.91 bits per heavy atom. The Hall–Kier alpha value is -2.61. The molecule has 2 N–H and O–H groups in total. The lowest BCUT2D eigenvalue weighted by Crippen LogP contribution is -2.20. The largest absolute Gasteiger partial charge is 0.461 e. The Morgan fingerprint density at radius 3 is 2.65 bits per heavy atom. The molecule has 23 heavy (non-hydrogen) atoms. The minimum atomic E-state index is 0.182. The van der Waals surface area contributed by atoms with Gasteiger partial charge in [-0.1, -0.05) is 30.3 Å². The third kappa shape index (κ3) is 3.27. The van der Waals surface area contributed by atoms with Crippen molar-refractivity contribution >= 4 is 30.6 Å². The van der Waals surface area contributed by atoms with Crippen LogP contribution >= 0.6 is 0 Å². The fraction of sp³-hybridized carbons (Fsp3) is 0.267. The molecule has 0 saturated heterocycles. The molecule has 2 heterocycles. The smallest absolute Gasteiger partial charge is 0.320 e. The molecule has 1 aromatic carbocycles. The van der Waals surface area contributed by atoms with Gasteiger partial charge in [-0.2, -0.15) is 9.97 Å². The van der Waals surface area contributed by atoms with Gasteiger partial charge in [-0.25, -0.2) is 4.98 Å². The van der Waals surface area contributed by atoms with Crippen LogP contribution in [0.1, 0.15) is 5.56 Å². The van der Waals surface area contributed by atoms with Crippen molar-refractivity contribution in [3.63, 3.8) is 0 Å². The zero-order valence-electron chi connectivity index (χ0n) is 12.8. The Bertz CT molecular complexity index is 806. The molecule has 3 rings (SSSR count). The van der Waals surface area contributed by atoms with Crippen LogP contribution in [0, 0.1) is 0 Å². The van der Waals surface area contributed by atoms with Gasteiger partial charge in [0.2, 0.25) is 0 Å². The summed E-state index contributed by atoms with van der Waals surface area (Å²) in [6, 6.07) is 10.1. The van der Waals surface area contributed by atoms with Crippen LogP contribution in [0.2, 0.25) is 0 Å². The molecule has 0 unspecified atom stereocenters. The second-order valence-electron chi connectivity index (χ2n) is 4.95. The van der Waals surface area contributed by atoms with E-state index in [0.29, 0.717) is 36.6 Å². The Kier molecular flexibility index (Phi) is 4.43. The quantitative estimate of drug-likeness (QED) is 0.519. The summed E-state index contributed by atoms with van der Waals surface area (Å²) >= 11 is 0. The van der Waals surface area contributed by atoms with E-state index in [-0.39, 0.29) is 11.8 Å². The van der Waals surface area contributed by atoms with Crippen molar-refractivity contribution in [3.8, 4) is 6.01 Å². The summed E-state index contributed by atoms with van der Waals surface area (Å²) in [7, 11) is 7.60. The lowest BCUT2D eigenvalue weighted by molar-refractivity contribution is 0.141. The lowest BCUT2D eigenvalue weighted by atomic mass is 10.1. The van der Waals surface area contributed by atoms with Gasteiger partial charge in [0.15, 0.2) is 19.3 Å². The summed E-state index contributed by atoms with van der Waals surface area (Å²) in [4.78, 5) is 12.7. The van der Waals surface area contributed by atoms with Crippen molar-refractivity contribution in [2.24, 2.45) is 0 Å². The number of nitrogen functional groups attached to an aromatic ring is 1. The summed E-state index contributed by atoms with van der Waals surface area (Å²) in [5.41, 5.74) is 8.37. The number of hydrogen-bond acceptors (Lipinski definition) is 6. The predicted octanol–water partition coefficient (Wildman–Crippen LogP) is 0.276. The minimum absolute atomic E-state index is 0.182. The zero-order valence-corrected chi connectivity index (χ0v) is 12.8. The van der Waals surface area contributed by atoms with E-state index in [1.54, 1.807) is 11.7 Å². The van der Waals surface area contributed by atoms with Crippen molar-refractivity contribution in [1.29, 1.82) is 0 Å². The number of fused-ring (bicyclic) bond motifs is 1. The van der Waals surface area contributed by atoms with E-state index in [0.717, 1.165) is 5.56 Å². The molecule has 8 heteroatoms. The van der Waals surface area contributed by atoms with Crippen LogP contribution < -0.4 is 16.2 Å². The van der Waals surface area contributed by atoms with Crippen molar-refractivity contribution < 1.29 is 9.47 Å². The van der Waals surface area contributed by atoms with E-state index >= 15 is 0 Å². The van der Waals surface area contributed by atoms with Crippen LogP contribution in [0.4, 0.5) is 5.82 Å². The number of nitrogens with two attached hydrogens (primary N) is 1. The maximum atomic E-state index is 6.01. The van der Waals surface area contributed by atoms with Crippen LogP contribution in [-0.2, 0) is 11.3 Å². The molecule has 0 spiro atoms. The molecule has 0 aliphatic heterocycles. The van der Waals surface area contributed by atoms with Gasteiger partial charge in [-0.15, -0.1) is 0 Å². The number of methoxy groups -OCH3 is 1. The van der Waals surface area contributed by atoms with Crippen LogP contribution in [0.5, 0.6) is 6.01 Å². The fourth-order valence-electron chi connectivity index (χ4n) is 2.22. The second-order valence-corrected chi connectivity index (χ2v) is 4.95. The fourth-order valence-corrected chi connectivity index (χ4v) is 2.22. The molecule has 0 aliphatic carbocycles. The van der Waals surface area contributed by atoms with Crippen molar-refractivity contribution in [1.82, 2.24) is 19.5 Å². The molecular weight excluding hydrogens is 293 g/mol. The molecule has 2 radical (unpaired) electrons. The molecule has 3 aromatic rings. The highest BCUT2D eigenvalue weighted by atomic mass is 16.5. The Balaban J connectivity index is 1.98. The highest BCUT2D eigenvalue weighted by molar-refractivity contribution is 6.30. The minimum Gasteiger partial charge on any atom is -0.461 e. The summed E-state index contributed by atoms with van der Waals surface area (Å²) in [5, 5.41) is 0. The number of nitrogens with zero attached hydrogens (tertiary/aromatic N) is 4. The number of imidazole rings is 1. The first-order valence-corrected chi connectivity index (χ1v) is 7.14. The molecule has 2 aromatic heterocycles. The van der Waals surface area contributed by atoms with Gasteiger partial charge < -0.3 is 19.8 Å². The van der Waals surface area contributed by atoms with Gasteiger partial charge in [-0.3, -0.25) is 0 Å². The maximum absolute atomic E-state index is 6.01. The first-order chi connectivity index (χ1) is 11.2. The summed E-state index contributed by atoms with van der Waals surface area (Å²) in [5.74, 6) is 0.237. The van der Waals surface area contributed by atoms with Crippen LogP contribution in [0.3, 0.4) is 0 Å². The van der Waals surface area contributed by atoms with Gasteiger partial charge in [-0.05, 0) is 5.56 Å². The number of ether oxygens (including phenoxy) is 2. The zero-order chi connectivity index (χ0) is 16.2. The van der Waals surface area contributed by atoms with E-state index in [2.05, 4.69) is 15.0 Å². The maximum Gasteiger partial charge on any atom is 0.320 e. The number of benzene rings is 1. The standard InChI is InChI=1S/C15H16BN5O2/c1-22-7-8-23-15-19-12(17)11-13(20-15)21(14(16)18-11)9-10-5-3-2-4-6-10/h2-6H,7-9H2,1H3,(H2,17,19,20). The van der Waals surface area contributed by atoms with Crippen molar-refractivity contribution in [3.05, 3.63) is 35.9 Å². The molecular formula is C15H16BN5O2. The monoisotopic (exact) mass is 309 g/mol. The van der Waals surface area contributed by atoms with Crippen LogP contribution in [0.15, 0.2) is 30.3 Å². The topological polar surface area (TPSA) is 88.1 Å². The lowest BCUT2D eigenvalue weighted by Gasteiger charge is -2.08. The SMILES string of the molecule is [B]c1nc2c(N)nc(OCCOC)nc2n1Cc1ccccc1. The number of anilines is 1. The van der Waals surface area contributed by atoms with Gasteiger partial charge in [0.05, 0.1) is 12.3 Å². The molecule has 0 amide bonds. The third-order valence-electron chi connectivity index (χ3n) is 3.33. The van der Waals surface area contributed by atoms with Gasteiger partial charge in [0.25, 0.3) is 0 Å². The van der Waals surface area contributed by atoms with E-state index in [4.69, 9.17) is 23.1 Å². The molecule has 7 nitrogen and oxygen atoms in total. The molecule has 0 aliphatic rings. The van der Waals surface area contributed by atoms with E-state index in [1.807, 2.05) is 30.3 Å². The third-order valence-corrected chi connectivity index (χ3v) is 3.33. The van der Waals surface area contributed by atoms with E-state index < -0.39 is 0 Å². The average Bonchev–Trinajstić information content (AvgIpc) is 2.86. The summed E-state index contributed by atoms with van der Waals surface area (Å²) in [6.07, 6.45) is 0. The predicted molar refractivity (Wildman–Crippen MR) is 88.0 cm³/mol. The van der Waals surface area contributed by atoms with E-state index in [1.165, 1.54) is 0 Å². The normalized spacial score (nSPS) is 11.0.